The van der Waals surface area contributed by atoms with Crippen molar-refractivity contribution in [1.29, 1.82) is 0 Å². The normalized spacial score (nSPS) is 10.8. The smallest absolute Gasteiger partial charge is 0.408 e. The Morgan fingerprint density at radius 3 is 1.61 bits per heavy atom. The van der Waals surface area contributed by atoms with E-state index in [1.54, 1.807) is 52.7 Å². The summed E-state index contributed by atoms with van der Waals surface area (Å²) in [6.45, 7) is 1.47. The SMILES string of the molecule is C#CCN(Cc1ccc(OC(=O)N(C)C)c2ncccc12)Cc1ccc(OC(=O)N(C)C)c2ncccc12. The molecule has 0 spiro atoms. The van der Waals surface area contributed by atoms with Crippen molar-refractivity contribution in [2.24, 2.45) is 0 Å². The molecule has 0 N–H and O–H groups in total. The Labute approximate surface area is 221 Å². The third kappa shape index (κ3) is 5.82. The van der Waals surface area contributed by atoms with E-state index in [9.17, 15) is 9.59 Å². The van der Waals surface area contributed by atoms with Gasteiger partial charge in [0.15, 0.2) is 11.5 Å². The summed E-state index contributed by atoms with van der Waals surface area (Å²) in [4.78, 5) is 38.1. The van der Waals surface area contributed by atoms with E-state index < -0.39 is 12.2 Å². The van der Waals surface area contributed by atoms with Gasteiger partial charge in [-0.15, -0.1) is 6.42 Å². The number of carbonyl (C=O) groups excluding carboxylic acids is 2. The van der Waals surface area contributed by atoms with Crippen LogP contribution in [0.15, 0.2) is 60.9 Å². The van der Waals surface area contributed by atoms with Crippen LogP contribution in [0.1, 0.15) is 11.1 Å². The number of fused-ring (bicyclic) bond motifs is 2. The summed E-state index contributed by atoms with van der Waals surface area (Å²) in [7, 11) is 6.51. The van der Waals surface area contributed by atoms with Gasteiger partial charge in [0.2, 0.25) is 0 Å². The Bertz CT molecular complexity index is 1420. The fourth-order valence-electron chi connectivity index (χ4n) is 4.00. The molecule has 2 amide bonds. The molecule has 4 aromatic rings. The predicted molar refractivity (Wildman–Crippen MR) is 146 cm³/mol. The van der Waals surface area contributed by atoms with Gasteiger partial charge in [0.1, 0.15) is 11.0 Å². The minimum Gasteiger partial charge on any atom is -0.408 e. The zero-order chi connectivity index (χ0) is 27.2. The average Bonchev–Trinajstić information content (AvgIpc) is 2.91. The van der Waals surface area contributed by atoms with Crippen LogP contribution in [0, 0.1) is 12.3 Å². The molecule has 0 aliphatic carbocycles. The Balaban J connectivity index is 1.65. The second-order valence-corrected chi connectivity index (χ2v) is 9.12. The first-order valence-electron chi connectivity index (χ1n) is 12.0. The largest absolute Gasteiger partial charge is 0.414 e. The molecular weight excluding hydrogens is 482 g/mol. The van der Waals surface area contributed by atoms with Crippen LogP contribution < -0.4 is 9.47 Å². The lowest BCUT2D eigenvalue weighted by molar-refractivity contribution is 0.171. The number of aromatic nitrogens is 2. The molecule has 2 aromatic heterocycles. The summed E-state index contributed by atoms with van der Waals surface area (Å²) < 4.78 is 11.1. The quantitative estimate of drug-likeness (QED) is 0.337. The van der Waals surface area contributed by atoms with Crippen molar-refractivity contribution in [3.63, 3.8) is 0 Å². The van der Waals surface area contributed by atoms with Crippen LogP contribution in [0.3, 0.4) is 0 Å². The summed E-state index contributed by atoms with van der Waals surface area (Å²) in [5, 5.41) is 1.74. The molecule has 4 rings (SSSR count). The average molecular weight is 512 g/mol. The molecule has 2 heterocycles. The predicted octanol–water partition coefficient (Wildman–Crippen LogP) is 4.54. The molecule has 0 bridgehead atoms. The molecule has 0 aliphatic rings. The Hall–Kier alpha value is -4.68. The van der Waals surface area contributed by atoms with Crippen LogP contribution in [-0.2, 0) is 13.1 Å². The number of benzene rings is 2. The number of nitrogens with zero attached hydrogens (tertiary/aromatic N) is 5. The van der Waals surface area contributed by atoms with E-state index in [1.165, 1.54) is 9.80 Å². The fourth-order valence-corrected chi connectivity index (χ4v) is 4.00. The molecule has 0 atom stereocenters. The zero-order valence-electron chi connectivity index (χ0n) is 21.8. The van der Waals surface area contributed by atoms with Gasteiger partial charge < -0.3 is 19.3 Å². The standard InChI is InChI=1S/C29H29N5O4/c1-6-17-34(18-20-11-13-24(37-28(35)32(2)3)26-22(20)9-7-15-30-26)19-21-12-14-25(38-29(36)33(4)5)27-23(21)10-8-16-31-27/h1,7-16H,17-19H2,2-5H3. The Kier molecular flexibility index (Phi) is 8.04. The Morgan fingerprint density at radius 1 is 0.763 bits per heavy atom. The van der Waals surface area contributed by atoms with Gasteiger partial charge in [0.25, 0.3) is 0 Å². The Morgan fingerprint density at radius 2 is 1.21 bits per heavy atom. The van der Waals surface area contributed by atoms with Crippen molar-refractivity contribution in [3.05, 3.63) is 72.1 Å². The third-order valence-electron chi connectivity index (χ3n) is 5.87. The van der Waals surface area contributed by atoms with E-state index in [2.05, 4.69) is 20.8 Å². The van der Waals surface area contributed by atoms with E-state index in [-0.39, 0.29) is 0 Å². The lowest BCUT2D eigenvalue weighted by Crippen LogP contribution is -2.26. The maximum atomic E-state index is 12.1. The third-order valence-corrected chi connectivity index (χ3v) is 5.87. The highest BCUT2D eigenvalue weighted by molar-refractivity contribution is 5.90. The van der Waals surface area contributed by atoms with Gasteiger partial charge in [0, 0.05) is 64.4 Å². The second-order valence-electron chi connectivity index (χ2n) is 9.12. The topological polar surface area (TPSA) is 88.1 Å². The van der Waals surface area contributed by atoms with Crippen molar-refractivity contribution < 1.29 is 19.1 Å². The lowest BCUT2D eigenvalue weighted by Gasteiger charge is -2.22. The van der Waals surface area contributed by atoms with Gasteiger partial charge in [-0.05, 0) is 35.4 Å². The first kappa shape index (κ1) is 26.4. The fraction of sp³-hybridized carbons (Fsp3) is 0.241. The molecule has 2 aromatic carbocycles. The number of hydrogen-bond acceptors (Lipinski definition) is 7. The van der Waals surface area contributed by atoms with Crippen LogP contribution in [-0.4, -0.2) is 71.6 Å². The van der Waals surface area contributed by atoms with Gasteiger partial charge in [-0.3, -0.25) is 14.9 Å². The van der Waals surface area contributed by atoms with E-state index in [0.717, 1.165) is 21.9 Å². The summed E-state index contributed by atoms with van der Waals surface area (Å²) in [6, 6.07) is 15.0. The number of rotatable bonds is 7. The van der Waals surface area contributed by atoms with Crippen molar-refractivity contribution in [1.82, 2.24) is 24.7 Å². The first-order valence-corrected chi connectivity index (χ1v) is 12.0. The van der Waals surface area contributed by atoms with E-state index >= 15 is 0 Å². The molecule has 0 fully saturated rings. The van der Waals surface area contributed by atoms with Crippen LogP contribution in [0.4, 0.5) is 9.59 Å². The number of pyridine rings is 2. The van der Waals surface area contributed by atoms with Gasteiger partial charge in [-0.25, -0.2) is 9.59 Å². The number of amides is 2. The van der Waals surface area contributed by atoms with Crippen molar-refractivity contribution >= 4 is 34.0 Å². The number of ether oxygens (including phenoxy) is 2. The minimum absolute atomic E-state index is 0.395. The van der Waals surface area contributed by atoms with Gasteiger partial charge >= 0.3 is 12.2 Å². The molecule has 9 heteroatoms. The van der Waals surface area contributed by atoms with Crippen LogP contribution in [0.25, 0.3) is 21.8 Å². The number of terminal acetylenes is 1. The zero-order valence-corrected chi connectivity index (χ0v) is 21.8. The molecule has 38 heavy (non-hydrogen) atoms. The molecule has 0 aliphatic heterocycles. The molecule has 0 unspecified atom stereocenters. The monoisotopic (exact) mass is 511 g/mol. The molecule has 0 radical (unpaired) electrons. The van der Waals surface area contributed by atoms with Crippen molar-refractivity contribution in [3.8, 4) is 23.8 Å². The highest BCUT2D eigenvalue weighted by Gasteiger charge is 2.17. The van der Waals surface area contributed by atoms with E-state index in [4.69, 9.17) is 15.9 Å². The number of hydrogen-bond donors (Lipinski definition) is 0. The van der Waals surface area contributed by atoms with Crippen LogP contribution in [0.5, 0.6) is 11.5 Å². The van der Waals surface area contributed by atoms with Gasteiger partial charge in [0.05, 0.1) is 6.54 Å². The van der Waals surface area contributed by atoms with Crippen molar-refractivity contribution in [2.75, 3.05) is 34.7 Å². The summed E-state index contributed by atoms with van der Waals surface area (Å²) >= 11 is 0. The molecule has 0 saturated heterocycles. The number of carbonyl (C=O) groups is 2. The van der Waals surface area contributed by atoms with Gasteiger partial charge in [-0.2, -0.15) is 0 Å². The van der Waals surface area contributed by atoms with Crippen LogP contribution >= 0.6 is 0 Å². The summed E-state index contributed by atoms with van der Waals surface area (Å²) in [5.41, 5.74) is 3.18. The highest BCUT2D eigenvalue weighted by Crippen LogP contribution is 2.30. The van der Waals surface area contributed by atoms with Crippen molar-refractivity contribution in [2.45, 2.75) is 13.1 Å². The molecule has 9 nitrogen and oxygen atoms in total. The molecule has 0 saturated carbocycles. The molecular formula is C29H29N5O4. The summed E-state index contributed by atoms with van der Waals surface area (Å²) in [6.07, 6.45) is 8.13. The maximum Gasteiger partial charge on any atom is 0.414 e. The first-order chi connectivity index (χ1) is 18.3. The maximum absolute atomic E-state index is 12.1. The summed E-state index contributed by atoms with van der Waals surface area (Å²) in [5.74, 6) is 3.54. The second kappa shape index (κ2) is 11.6. The van der Waals surface area contributed by atoms with Gasteiger partial charge in [-0.1, -0.05) is 30.2 Å². The molecule has 194 valence electrons. The van der Waals surface area contributed by atoms with E-state index in [1.807, 2.05) is 36.4 Å². The highest BCUT2D eigenvalue weighted by atomic mass is 16.6. The lowest BCUT2D eigenvalue weighted by atomic mass is 10.0. The van der Waals surface area contributed by atoms with Crippen LogP contribution in [0.2, 0.25) is 0 Å². The minimum atomic E-state index is -0.473. The van der Waals surface area contributed by atoms with E-state index in [0.29, 0.717) is 42.2 Å².